The summed E-state index contributed by atoms with van der Waals surface area (Å²) >= 11 is 0. The fraction of sp³-hybridized carbons (Fsp3) is 0.190. The van der Waals surface area contributed by atoms with Crippen molar-refractivity contribution in [3.8, 4) is 0 Å². The molecular formula is C21H19N3O6S. The smallest absolute Gasteiger partial charge is 0.445 e. The van der Waals surface area contributed by atoms with Crippen molar-refractivity contribution in [1.82, 2.24) is 10.1 Å². The zero-order chi connectivity index (χ0) is 21.8. The summed E-state index contributed by atoms with van der Waals surface area (Å²) in [5.74, 6) is -0.287. The van der Waals surface area contributed by atoms with Crippen molar-refractivity contribution in [2.45, 2.75) is 19.4 Å². The minimum absolute atomic E-state index is 0.0120. The van der Waals surface area contributed by atoms with Crippen LogP contribution in [0.1, 0.15) is 23.4 Å². The molecule has 0 unspecified atom stereocenters. The SMILES string of the molecule is O=C(OCc1ccccc1)S(=O)(=O)N1CC(CCc2noc(=O)[nH]2)=Cc2ccccc21. The number of H-pyrrole nitrogens is 1. The molecule has 0 fully saturated rings. The highest BCUT2D eigenvalue weighted by molar-refractivity contribution is 8.06. The van der Waals surface area contributed by atoms with E-state index < -0.39 is 21.1 Å². The number of aromatic nitrogens is 2. The van der Waals surface area contributed by atoms with Gasteiger partial charge in [0, 0.05) is 6.42 Å². The van der Waals surface area contributed by atoms with Crippen molar-refractivity contribution in [2.24, 2.45) is 0 Å². The number of nitrogens with one attached hydrogen (secondary N) is 1. The Morgan fingerprint density at radius 3 is 2.58 bits per heavy atom. The molecular weight excluding hydrogens is 422 g/mol. The van der Waals surface area contributed by atoms with Crippen LogP contribution in [0.15, 0.2) is 69.5 Å². The Hall–Kier alpha value is -3.66. The lowest BCUT2D eigenvalue weighted by Crippen LogP contribution is -2.39. The van der Waals surface area contributed by atoms with E-state index in [0.717, 1.165) is 9.88 Å². The van der Waals surface area contributed by atoms with Crippen LogP contribution in [0.4, 0.5) is 10.5 Å². The Balaban J connectivity index is 1.53. The Morgan fingerprint density at radius 2 is 1.84 bits per heavy atom. The van der Waals surface area contributed by atoms with Gasteiger partial charge in [0.1, 0.15) is 6.61 Å². The first-order valence-electron chi connectivity index (χ1n) is 9.50. The molecule has 1 aliphatic heterocycles. The number of sulfonamides is 1. The minimum atomic E-state index is -4.42. The Kier molecular flexibility index (Phi) is 5.72. The molecule has 0 saturated carbocycles. The molecule has 0 radical (unpaired) electrons. The number of carbonyl (C=O) groups excluding carboxylic acids is 1. The van der Waals surface area contributed by atoms with Crippen LogP contribution in [0.5, 0.6) is 0 Å². The van der Waals surface area contributed by atoms with E-state index in [4.69, 9.17) is 4.74 Å². The predicted molar refractivity (Wildman–Crippen MR) is 113 cm³/mol. The van der Waals surface area contributed by atoms with Crippen molar-refractivity contribution in [1.29, 1.82) is 0 Å². The van der Waals surface area contributed by atoms with Crippen molar-refractivity contribution >= 4 is 27.1 Å². The van der Waals surface area contributed by atoms with Crippen molar-refractivity contribution in [3.63, 3.8) is 0 Å². The fourth-order valence-corrected chi connectivity index (χ4v) is 4.41. The largest absolute Gasteiger partial charge is 0.448 e. The topological polar surface area (TPSA) is 123 Å². The van der Waals surface area contributed by atoms with Gasteiger partial charge in [0.25, 0.3) is 0 Å². The number of ether oxygens (including phenoxy) is 1. The van der Waals surface area contributed by atoms with Gasteiger partial charge >= 0.3 is 21.1 Å². The highest BCUT2D eigenvalue weighted by atomic mass is 32.2. The summed E-state index contributed by atoms with van der Waals surface area (Å²) < 4.78 is 36.7. The number of nitrogens with zero attached hydrogens (tertiary/aromatic N) is 2. The highest BCUT2D eigenvalue weighted by Crippen LogP contribution is 2.32. The maximum Gasteiger partial charge on any atom is 0.445 e. The molecule has 4 rings (SSSR count). The first-order chi connectivity index (χ1) is 14.9. The molecule has 1 N–H and O–H groups in total. The third kappa shape index (κ3) is 4.58. The molecule has 0 amide bonds. The molecule has 31 heavy (non-hydrogen) atoms. The van der Waals surface area contributed by atoms with E-state index in [1.165, 1.54) is 0 Å². The van der Waals surface area contributed by atoms with Crippen molar-refractivity contribution in [3.05, 3.63) is 87.7 Å². The van der Waals surface area contributed by atoms with Crippen LogP contribution in [-0.4, -0.2) is 30.4 Å². The summed E-state index contributed by atoms with van der Waals surface area (Å²) in [4.78, 5) is 26.1. The van der Waals surface area contributed by atoms with Gasteiger partial charge in [-0.15, -0.1) is 0 Å². The lowest BCUT2D eigenvalue weighted by molar-refractivity contribution is 0.165. The zero-order valence-electron chi connectivity index (χ0n) is 16.4. The maximum absolute atomic E-state index is 13.0. The van der Waals surface area contributed by atoms with Gasteiger partial charge in [0.05, 0.1) is 12.2 Å². The van der Waals surface area contributed by atoms with Crippen LogP contribution < -0.4 is 10.1 Å². The van der Waals surface area contributed by atoms with E-state index in [9.17, 15) is 18.0 Å². The third-order valence-electron chi connectivity index (χ3n) is 4.78. The molecule has 0 saturated heterocycles. The van der Waals surface area contributed by atoms with Crippen LogP contribution in [0.2, 0.25) is 0 Å². The zero-order valence-corrected chi connectivity index (χ0v) is 17.2. The fourth-order valence-electron chi connectivity index (χ4n) is 3.27. The number of hydrogen-bond donors (Lipinski definition) is 1. The summed E-state index contributed by atoms with van der Waals surface area (Å²) in [6.07, 6.45) is 2.64. The van der Waals surface area contributed by atoms with E-state index in [2.05, 4.69) is 14.7 Å². The third-order valence-corrected chi connectivity index (χ3v) is 6.23. The van der Waals surface area contributed by atoms with E-state index >= 15 is 0 Å². The number of para-hydroxylation sites is 1. The molecule has 9 nitrogen and oxygen atoms in total. The maximum atomic E-state index is 13.0. The molecule has 160 valence electrons. The van der Waals surface area contributed by atoms with Gasteiger partial charge in [-0.05, 0) is 29.2 Å². The predicted octanol–water partition coefficient (Wildman–Crippen LogP) is 2.87. The number of fused-ring (bicyclic) bond motifs is 1. The molecule has 1 aromatic heterocycles. The number of aryl methyl sites for hydroxylation is 1. The molecule has 10 heteroatoms. The normalized spacial score (nSPS) is 13.4. The number of benzene rings is 2. The number of carbonyl (C=O) groups is 1. The van der Waals surface area contributed by atoms with Crippen LogP contribution in [0, 0.1) is 0 Å². The molecule has 2 heterocycles. The van der Waals surface area contributed by atoms with Gasteiger partial charge in [-0.3, -0.25) is 13.8 Å². The lowest BCUT2D eigenvalue weighted by Gasteiger charge is -2.29. The molecule has 1 aliphatic rings. The average molecular weight is 441 g/mol. The second-order valence-electron chi connectivity index (χ2n) is 6.94. The summed E-state index contributed by atoms with van der Waals surface area (Å²) in [5, 5.41) is 2.31. The highest BCUT2D eigenvalue weighted by Gasteiger charge is 2.35. The van der Waals surface area contributed by atoms with Gasteiger partial charge in [-0.1, -0.05) is 59.8 Å². The van der Waals surface area contributed by atoms with Crippen molar-refractivity contribution in [2.75, 3.05) is 10.8 Å². The molecule has 2 aromatic carbocycles. The van der Waals surface area contributed by atoms with Gasteiger partial charge in [0.15, 0.2) is 5.82 Å². The Morgan fingerprint density at radius 1 is 1.10 bits per heavy atom. The first-order valence-corrected chi connectivity index (χ1v) is 10.9. The first kappa shape index (κ1) is 20.6. The summed E-state index contributed by atoms with van der Waals surface area (Å²) in [7, 11) is -4.42. The standard InChI is InChI=1S/C21H19N3O6S/c25-20-22-19(23-30-20)11-10-16-12-17-8-4-5-9-18(17)24(13-16)31(27,28)21(26)29-14-15-6-2-1-3-7-15/h1-9,12H,10-11,13-14H2,(H,22,23,25). The van der Waals surface area contributed by atoms with Gasteiger partial charge < -0.3 is 4.74 Å². The number of aromatic amines is 1. The van der Waals surface area contributed by atoms with Gasteiger partial charge in [0.2, 0.25) is 0 Å². The average Bonchev–Trinajstić information content (AvgIpc) is 3.21. The van der Waals surface area contributed by atoms with Gasteiger partial charge in [-0.25, -0.2) is 9.59 Å². The van der Waals surface area contributed by atoms with E-state index in [-0.39, 0.29) is 13.2 Å². The van der Waals surface area contributed by atoms with Crippen molar-refractivity contribution < 1.29 is 22.5 Å². The minimum Gasteiger partial charge on any atom is -0.448 e. The lowest BCUT2D eigenvalue weighted by atomic mass is 10.0. The number of rotatable bonds is 6. The quantitative estimate of drug-likeness (QED) is 0.584. The summed E-state index contributed by atoms with van der Waals surface area (Å²) in [5.41, 5.74) is 2.50. The monoisotopic (exact) mass is 441 g/mol. The summed E-state index contributed by atoms with van der Waals surface area (Å²) in [6, 6.07) is 15.7. The molecule has 0 spiro atoms. The molecule has 0 aliphatic carbocycles. The van der Waals surface area contributed by atoms with Gasteiger partial charge in [-0.2, -0.15) is 8.42 Å². The van der Waals surface area contributed by atoms with E-state index in [1.54, 1.807) is 48.5 Å². The second-order valence-corrected chi connectivity index (χ2v) is 8.66. The van der Waals surface area contributed by atoms with Crippen LogP contribution in [0.25, 0.3) is 6.08 Å². The molecule has 3 aromatic rings. The number of hydrogen-bond acceptors (Lipinski definition) is 7. The van der Waals surface area contributed by atoms with E-state index in [0.29, 0.717) is 35.5 Å². The second kappa shape index (κ2) is 8.60. The molecule has 0 atom stereocenters. The Labute approximate surface area is 178 Å². The number of anilines is 1. The molecule has 0 bridgehead atoms. The Bertz CT molecular complexity index is 1280. The van der Waals surface area contributed by atoms with E-state index in [1.807, 2.05) is 12.1 Å². The van der Waals surface area contributed by atoms with Crippen LogP contribution in [0.3, 0.4) is 0 Å². The van der Waals surface area contributed by atoms with Crippen LogP contribution >= 0.6 is 0 Å². The van der Waals surface area contributed by atoms with Crippen LogP contribution in [-0.2, 0) is 27.8 Å². The summed E-state index contributed by atoms with van der Waals surface area (Å²) in [6.45, 7) is -0.154.